The van der Waals surface area contributed by atoms with E-state index in [1.54, 1.807) is 45.3 Å². The van der Waals surface area contributed by atoms with Crippen LogP contribution in [0, 0.1) is 0 Å². The number of nitrogens with zero attached hydrogens (tertiary/aromatic N) is 2. The normalized spacial score (nSPS) is 18.8. The van der Waals surface area contributed by atoms with Gasteiger partial charge in [0.2, 0.25) is 5.91 Å². The summed E-state index contributed by atoms with van der Waals surface area (Å²) in [5.74, 6) is -0.108. The number of likely N-dealkylation sites (N-methyl/N-ethyl adjacent to an activating group) is 1. The SMILES string of the molecule is COc1ccccc1CN(C)C(=O)CN1C(=O)N[C@@](C)(c2ccccc2)C1=O. The van der Waals surface area contributed by atoms with E-state index in [1.807, 2.05) is 30.3 Å². The van der Waals surface area contributed by atoms with E-state index in [0.717, 1.165) is 10.5 Å². The van der Waals surface area contributed by atoms with Crippen molar-refractivity contribution in [1.82, 2.24) is 15.1 Å². The molecule has 0 aromatic heterocycles. The first-order chi connectivity index (χ1) is 13.4. The first kappa shape index (κ1) is 19.4. The van der Waals surface area contributed by atoms with Crippen molar-refractivity contribution in [1.29, 1.82) is 0 Å². The van der Waals surface area contributed by atoms with Crippen LogP contribution in [0.4, 0.5) is 4.79 Å². The molecule has 1 aliphatic rings. The average molecular weight is 381 g/mol. The molecule has 1 N–H and O–H groups in total. The maximum Gasteiger partial charge on any atom is 0.325 e. The van der Waals surface area contributed by atoms with Crippen LogP contribution in [-0.2, 0) is 21.7 Å². The minimum Gasteiger partial charge on any atom is -0.496 e. The molecule has 0 saturated carbocycles. The number of urea groups is 1. The first-order valence-electron chi connectivity index (χ1n) is 8.92. The van der Waals surface area contributed by atoms with Gasteiger partial charge < -0.3 is 15.0 Å². The van der Waals surface area contributed by atoms with Gasteiger partial charge in [-0.3, -0.25) is 14.5 Å². The molecule has 28 heavy (non-hydrogen) atoms. The Morgan fingerprint density at radius 1 is 1.11 bits per heavy atom. The molecule has 7 heteroatoms. The lowest BCUT2D eigenvalue weighted by Gasteiger charge is -2.23. The summed E-state index contributed by atoms with van der Waals surface area (Å²) < 4.78 is 5.30. The Hall–Kier alpha value is -3.35. The van der Waals surface area contributed by atoms with Gasteiger partial charge in [0.25, 0.3) is 5.91 Å². The second kappa shape index (κ2) is 7.72. The molecule has 0 bridgehead atoms. The molecule has 4 amide bonds. The van der Waals surface area contributed by atoms with Crippen molar-refractivity contribution >= 4 is 17.8 Å². The van der Waals surface area contributed by atoms with Crippen LogP contribution < -0.4 is 10.1 Å². The number of benzene rings is 2. The molecule has 2 aromatic rings. The van der Waals surface area contributed by atoms with Crippen LogP contribution in [0.25, 0.3) is 0 Å². The number of carbonyl (C=O) groups excluding carboxylic acids is 3. The minimum absolute atomic E-state index is 0.308. The second-order valence-electron chi connectivity index (χ2n) is 6.87. The minimum atomic E-state index is -1.18. The highest BCUT2D eigenvalue weighted by Gasteiger charge is 2.49. The van der Waals surface area contributed by atoms with Crippen molar-refractivity contribution in [3.63, 3.8) is 0 Å². The molecule has 0 unspecified atom stereocenters. The van der Waals surface area contributed by atoms with E-state index in [9.17, 15) is 14.4 Å². The van der Waals surface area contributed by atoms with Crippen LogP contribution in [0.3, 0.4) is 0 Å². The summed E-state index contributed by atoms with van der Waals surface area (Å²) in [4.78, 5) is 40.4. The van der Waals surface area contributed by atoms with Gasteiger partial charge in [-0.1, -0.05) is 48.5 Å². The zero-order valence-corrected chi connectivity index (χ0v) is 16.1. The molecular weight excluding hydrogens is 358 g/mol. The molecule has 146 valence electrons. The van der Waals surface area contributed by atoms with Crippen molar-refractivity contribution in [3.05, 3.63) is 65.7 Å². The standard InChI is InChI=1S/C21H23N3O4/c1-21(16-10-5-4-6-11-16)19(26)24(20(27)22-21)14-18(25)23(2)13-15-9-7-8-12-17(15)28-3/h4-12H,13-14H2,1-3H3,(H,22,27)/t21-/m0/s1. The number of ether oxygens (including phenoxy) is 1. The Labute approximate surface area is 163 Å². The summed E-state index contributed by atoms with van der Waals surface area (Å²) in [6.07, 6.45) is 0. The van der Waals surface area contributed by atoms with Gasteiger partial charge in [0, 0.05) is 19.2 Å². The fourth-order valence-electron chi connectivity index (χ4n) is 3.24. The third-order valence-electron chi connectivity index (χ3n) is 4.95. The molecular formula is C21H23N3O4. The summed E-state index contributed by atoms with van der Waals surface area (Å²) in [6, 6.07) is 15.8. The van der Waals surface area contributed by atoms with Crippen LogP contribution >= 0.6 is 0 Å². The van der Waals surface area contributed by atoms with Crippen molar-refractivity contribution in [2.24, 2.45) is 0 Å². The predicted molar refractivity (Wildman–Crippen MR) is 104 cm³/mol. The lowest BCUT2D eigenvalue weighted by atomic mass is 9.92. The molecule has 1 fully saturated rings. The quantitative estimate of drug-likeness (QED) is 0.778. The monoisotopic (exact) mass is 381 g/mol. The lowest BCUT2D eigenvalue weighted by molar-refractivity contribution is -0.138. The van der Waals surface area contributed by atoms with Crippen LogP contribution in [0.2, 0.25) is 0 Å². The summed E-state index contributed by atoms with van der Waals surface area (Å²) in [7, 11) is 3.20. The Bertz CT molecular complexity index is 900. The molecule has 0 spiro atoms. The van der Waals surface area contributed by atoms with Crippen LogP contribution in [0.5, 0.6) is 5.75 Å². The summed E-state index contributed by atoms with van der Waals surface area (Å²) in [6.45, 7) is 1.63. The van der Waals surface area contributed by atoms with E-state index in [2.05, 4.69) is 5.32 Å². The molecule has 1 heterocycles. The van der Waals surface area contributed by atoms with Crippen molar-refractivity contribution < 1.29 is 19.1 Å². The highest BCUT2D eigenvalue weighted by atomic mass is 16.5. The third-order valence-corrected chi connectivity index (χ3v) is 4.95. The number of nitrogens with one attached hydrogen (secondary N) is 1. The lowest BCUT2D eigenvalue weighted by Crippen LogP contribution is -2.43. The molecule has 7 nitrogen and oxygen atoms in total. The highest BCUT2D eigenvalue weighted by Crippen LogP contribution is 2.28. The van der Waals surface area contributed by atoms with E-state index >= 15 is 0 Å². The van der Waals surface area contributed by atoms with Gasteiger partial charge in [-0.25, -0.2) is 4.79 Å². The number of para-hydroxylation sites is 1. The maximum atomic E-state index is 12.9. The Morgan fingerprint density at radius 2 is 1.75 bits per heavy atom. The molecule has 0 aliphatic carbocycles. The Balaban J connectivity index is 1.71. The fourth-order valence-corrected chi connectivity index (χ4v) is 3.24. The second-order valence-corrected chi connectivity index (χ2v) is 6.87. The van der Waals surface area contributed by atoms with Crippen LogP contribution in [-0.4, -0.2) is 48.3 Å². The number of rotatable bonds is 6. The van der Waals surface area contributed by atoms with Gasteiger partial charge in [0.05, 0.1) is 7.11 Å². The van der Waals surface area contributed by atoms with Gasteiger partial charge in [0.15, 0.2) is 0 Å². The van der Waals surface area contributed by atoms with Gasteiger partial charge in [-0.15, -0.1) is 0 Å². The Morgan fingerprint density at radius 3 is 2.43 bits per heavy atom. The first-order valence-corrected chi connectivity index (χ1v) is 8.92. The molecule has 0 radical (unpaired) electrons. The molecule has 3 rings (SSSR count). The molecule has 1 saturated heterocycles. The smallest absolute Gasteiger partial charge is 0.325 e. The van der Waals surface area contributed by atoms with Crippen molar-refractivity contribution in [3.8, 4) is 5.75 Å². The van der Waals surface area contributed by atoms with E-state index in [0.29, 0.717) is 17.9 Å². The van der Waals surface area contributed by atoms with Gasteiger partial charge in [-0.2, -0.15) is 0 Å². The van der Waals surface area contributed by atoms with Crippen molar-refractivity contribution in [2.45, 2.75) is 19.0 Å². The van der Waals surface area contributed by atoms with E-state index in [-0.39, 0.29) is 12.5 Å². The van der Waals surface area contributed by atoms with Crippen molar-refractivity contribution in [2.75, 3.05) is 20.7 Å². The molecule has 1 atom stereocenters. The van der Waals surface area contributed by atoms with Gasteiger partial charge in [0.1, 0.15) is 17.8 Å². The summed E-state index contributed by atoms with van der Waals surface area (Å²) in [5.41, 5.74) is 0.331. The fraction of sp³-hybridized carbons (Fsp3) is 0.286. The summed E-state index contributed by atoms with van der Waals surface area (Å²) >= 11 is 0. The van der Waals surface area contributed by atoms with Crippen LogP contribution in [0.15, 0.2) is 54.6 Å². The van der Waals surface area contributed by atoms with Gasteiger partial charge >= 0.3 is 6.03 Å². The topological polar surface area (TPSA) is 79.0 Å². The van der Waals surface area contributed by atoms with E-state index in [1.165, 1.54) is 4.90 Å². The number of hydrogen-bond acceptors (Lipinski definition) is 4. The maximum absolute atomic E-state index is 12.9. The highest BCUT2D eigenvalue weighted by molar-refractivity contribution is 6.09. The average Bonchev–Trinajstić information content (AvgIpc) is 2.93. The Kier molecular flexibility index (Phi) is 5.35. The van der Waals surface area contributed by atoms with E-state index in [4.69, 9.17) is 4.74 Å². The third kappa shape index (κ3) is 3.55. The van der Waals surface area contributed by atoms with Gasteiger partial charge in [-0.05, 0) is 18.6 Å². The number of carbonyl (C=O) groups is 3. The number of imide groups is 1. The summed E-state index contributed by atoms with van der Waals surface area (Å²) in [5, 5.41) is 2.71. The van der Waals surface area contributed by atoms with E-state index < -0.39 is 17.5 Å². The largest absolute Gasteiger partial charge is 0.496 e. The predicted octanol–water partition coefficient (Wildman–Crippen LogP) is 2.12. The zero-order valence-electron chi connectivity index (χ0n) is 16.1. The zero-order chi connectivity index (χ0) is 20.3. The molecule has 1 aliphatic heterocycles. The number of amides is 4. The number of hydrogen-bond donors (Lipinski definition) is 1. The number of methoxy groups -OCH3 is 1. The van der Waals surface area contributed by atoms with Crippen LogP contribution in [0.1, 0.15) is 18.1 Å². The molecule has 2 aromatic carbocycles.